The standard InChI is InChI=1S/C17H12ClFN2O/c18-13-5-3-6-14(10-13)20-17(22)11-16(19)21-9-8-12-4-1-2-7-15(12)21/h1-11H,(H,20,22). The number of carbonyl (C=O) groups excluding carboxylic acids is 1. The summed E-state index contributed by atoms with van der Waals surface area (Å²) in [5.41, 5.74) is 1.21. The van der Waals surface area contributed by atoms with Gasteiger partial charge in [-0.1, -0.05) is 35.9 Å². The van der Waals surface area contributed by atoms with Gasteiger partial charge in [0, 0.05) is 22.3 Å². The number of benzene rings is 2. The fourth-order valence-corrected chi connectivity index (χ4v) is 2.38. The molecule has 0 bridgehead atoms. The molecule has 0 radical (unpaired) electrons. The van der Waals surface area contributed by atoms with Crippen LogP contribution in [0.1, 0.15) is 0 Å². The maximum absolute atomic E-state index is 14.3. The van der Waals surface area contributed by atoms with Gasteiger partial charge in [0.15, 0.2) is 0 Å². The number of hydrogen-bond donors (Lipinski definition) is 1. The first-order chi connectivity index (χ1) is 10.6. The van der Waals surface area contributed by atoms with Crippen LogP contribution in [0.5, 0.6) is 0 Å². The number of nitrogens with zero attached hydrogens (tertiary/aromatic N) is 1. The van der Waals surface area contributed by atoms with Crippen LogP contribution < -0.4 is 5.32 Å². The second-order valence-corrected chi connectivity index (χ2v) is 5.15. The molecule has 1 N–H and O–H groups in total. The maximum atomic E-state index is 14.3. The summed E-state index contributed by atoms with van der Waals surface area (Å²) in [6.07, 6.45) is 2.50. The summed E-state index contributed by atoms with van der Waals surface area (Å²) in [5, 5.41) is 3.97. The lowest BCUT2D eigenvalue weighted by Gasteiger charge is -2.04. The van der Waals surface area contributed by atoms with Crippen LogP contribution in [0, 0.1) is 0 Å². The van der Waals surface area contributed by atoms with E-state index in [2.05, 4.69) is 5.32 Å². The molecule has 0 aliphatic carbocycles. The first-order valence-corrected chi connectivity index (χ1v) is 7.01. The third kappa shape index (κ3) is 3.02. The zero-order chi connectivity index (χ0) is 15.5. The lowest BCUT2D eigenvalue weighted by molar-refractivity contribution is -0.111. The highest BCUT2D eigenvalue weighted by Gasteiger charge is 2.07. The van der Waals surface area contributed by atoms with E-state index < -0.39 is 11.9 Å². The Morgan fingerprint density at radius 1 is 1.14 bits per heavy atom. The molecule has 0 saturated heterocycles. The van der Waals surface area contributed by atoms with Crippen LogP contribution in [-0.4, -0.2) is 10.5 Å². The lowest BCUT2D eigenvalue weighted by Crippen LogP contribution is -2.09. The van der Waals surface area contributed by atoms with E-state index in [0.717, 1.165) is 11.5 Å². The second kappa shape index (κ2) is 6.03. The quantitative estimate of drug-likeness (QED) is 0.698. The molecule has 2 aromatic carbocycles. The predicted octanol–water partition coefficient (Wildman–Crippen LogP) is 4.70. The molecule has 0 saturated carbocycles. The summed E-state index contributed by atoms with van der Waals surface area (Å²) >= 11 is 5.84. The van der Waals surface area contributed by atoms with Crippen LogP contribution in [-0.2, 0) is 4.79 Å². The first kappa shape index (κ1) is 14.4. The maximum Gasteiger partial charge on any atom is 0.252 e. The van der Waals surface area contributed by atoms with Gasteiger partial charge in [-0.15, -0.1) is 0 Å². The van der Waals surface area contributed by atoms with Gasteiger partial charge in [0.25, 0.3) is 5.91 Å². The van der Waals surface area contributed by atoms with Crippen LogP contribution in [0.15, 0.2) is 66.9 Å². The monoisotopic (exact) mass is 314 g/mol. The molecule has 0 unspecified atom stereocenters. The molecule has 3 aromatic rings. The summed E-state index contributed by atoms with van der Waals surface area (Å²) < 4.78 is 15.6. The van der Waals surface area contributed by atoms with E-state index in [9.17, 15) is 9.18 Å². The van der Waals surface area contributed by atoms with E-state index in [1.54, 1.807) is 42.6 Å². The molecule has 110 valence electrons. The van der Waals surface area contributed by atoms with Crippen molar-refractivity contribution >= 4 is 40.0 Å². The Morgan fingerprint density at radius 3 is 2.77 bits per heavy atom. The Morgan fingerprint density at radius 2 is 1.95 bits per heavy atom. The minimum absolute atomic E-state index is 0.499. The summed E-state index contributed by atoms with van der Waals surface area (Å²) in [7, 11) is 0. The van der Waals surface area contributed by atoms with Gasteiger partial charge in [0.05, 0.1) is 11.6 Å². The molecule has 0 aliphatic rings. The van der Waals surface area contributed by atoms with E-state index in [1.165, 1.54) is 4.57 Å². The zero-order valence-corrected chi connectivity index (χ0v) is 12.2. The Hall–Kier alpha value is -2.59. The van der Waals surface area contributed by atoms with Crippen LogP contribution in [0.25, 0.3) is 16.9 Å². The highest BCUT2D eigenvalue weighted by molar-refractivity contribution is 6.30. The normalized spacial score (nSPS) is 11.6. The molecule has 0 spiro atoms. The van der Waals surface area contributed by atoms with Crippen molar-refractivity contribution in [1.29, 1.82) is 0 Å². The Labute approximate surface area is 131 Å². The van der Waals surface area contributed by atoms with Crippen molar-refractivity contribution in [2.24, 2.45) is 0 Å². The number of nitrogens with one attached hydrogen (secondary N) is 1. The van der Waals surface area contributed by atoms with Gasteiger partial charge in [-0.05, 0) is 30.3 Å². The Kier molecular flexibility index (Phi) is 3.94. The van der Waals surface area contributed by atoms with Gasteiger partial charge in [-0.25, -0.2) is 0 Å². The number of rotatable bonds is 3. The molecule has 3 nitrogen and oxygen atoms in total. The molecule has 1 amide bonds. The summed E-state index contributed by atoms with van der Waals surface area (Å²) in [4.78, 5) is 11.9. The second-order valence-electron chi connectivity index (χ2n) is 4.71. The zero-order valence-electron chi connectivity index (χ0n) is 11.5. The topological polar surface area (TPSA) is 34.0 Å². The minimum atomic E-state index is -0.652. The van der Waals surface area contributed by atoms with Crippen LogP contribution in [0.3, 0.4) is 0 Å². The van der Waals surface area contributed by atoms with E-state index in [4.69, 9.17) is 11.6 Å². The van der Waals surface area contributed by atoms with Crippen molar-refractivity contribution in [2.75, 3.05) is 5.32 Å². The van der Waals surface area contributed by atoms with E-state index in [0.29, 0.717) is 16.2 Å². The van der Waals surface area contributed by atoms with Crippen molar-refractivity contribution in [1.82, 2.24) is 4.57 Å². The Balaban J connectivity index is 1.83. The molecule has 1 heterocycles. The van der Waals surface area contributed by atoms with Crippen LogP contribution in [0.2, 0.25) is 5.02 Å². The van der Waals surface area contributed by atoms with Crippen molar-refractivity contribution in [2.45, 2.75) is 0 Å². The Bertz CT molecular complexity index is 870. The SMILES string of the molecule is O=C(C=C(F)n1ccc2ccccc21)Nc1cccc(Cl)c1. The van der Waals surface area contributed by atoms with E-state index in [-0.39, 0.29) is 0 Å². The fraction of sp³-hybridized carbons (Fsp3) is 0. The number of aromatic nitrogens is 1. The van der Waals surface area contributed by atoms with Gasteiger partial charge in [0.1, 0.15) is 0 Å². The van der Waals surface area contributed by atoms with Gasteiger partial charge in [0.2, 0.25) is 5.95 Å². The molecule has 1 aromatic heterocycles. The molecule has 0 fully saturated rings. The average Bonchev–Trinajstić information content (AvgIpc) is 2.91. The van der Waals surface area contributed by atoms with Crippen molar-refractivity contribution in [3.63, 3.8) is 0 Å². The summed E-state index contributed by atoms with van der Waals surface area (Å²) in [6.45, 7) is 0. The number of para-hydroxylation sites is 1. The number of halogens is 2. The predicted molar refractivity (Wildman–Crippen MR) is 87.4 cm³/mol. The number of carbonyl (C=O) groups is 1. The van der Waals surface area contributed by atoms with Crippen molar-refractivity contribution < 1.29 is 9.18 Å². The van der Waals surface area contributed by atoms with Crippen molar-refractivity contribution in [3.8, 4) is 0 Å². The third-order valence-corrected chi connectivity index (χ3v) is 3.41. The number of amides is 1. The molecule has 5 heteroatoms. The van der Waals surface area contributed by atoms with E-state index in [1.807, 2.05) is 18.2 Å². The van der Waals surface area contributed by atoms with Crippen molar-refractivity contribution in [3.05, 3.63) is 71.9 Å². The molecular formula is C17H12ClFN2O. The molecule has 3 rings (SSSR count). The van der Waals surface area contributed by atoms with Gasteiger partial charge >= 0.3 is 0 Å². The van der Waals surface area contributed by atoms with E-state index >= 15 is 0 Å². The average molecular weight is 315 g/mol. The van der Waals surface area contributed by atoms with Crippen LogP contribution in [0.4, 0.5) is 10.1 Å². The van der Waals surface area contributed by atoms with Gasteiger partial charge in [-0.2, -0.15) is 4.39 Å². The summed E-state index contributed by atoms with van der Waals surface area (Å²) in [5.74, 6) is -1.21. The smallest absolute Gasteiger partial charge is 0.252 e. The number of anilines is 1. The lowest BCUT2D eigenvalue weighted by atomic mass is 10.2. The van der Waals surface area contributed by atoms with Gasteiger partial charge in [-0.3, -0.25) is 9.36 Å². The molecular weight excluding hydrogens is 303 g/mol. The molecule has 22 heavy (non-hydrogen) atoms. The number of fused-ring (bicyclic) bond motifs is 1. The fourth-order valence-electron chi connectivity index (χ4n) is 2.19. The summed E-state index contributed by atoms with van der Waals surface area (Å²) in [6, 6.07) is 15.8. The van der Waals surface area contributed by atoms with Gasteiger partial charge < -0.3 is 5.32 Å². The molecule has 0 atom stereocenters. The largest absolute Gasteiger partial charge is 0.322 e. The minimum Gasteiger partial charge on any atom is -0.322 e. The molecule has 0 aliphatic heterocycles. The third-order valence-electron chi connectivity index (χ3n) is 3.17. The first-order valence-electron chi connectivity index (χ1n) is 6.64. The highest BCUT2D eigenvalue weighted by atomic mass is 35.5. The number of hydrogen-bond acceptors (Lipinski definition) is 1. The highest BCUT2D eigenvalue weighted by Crippen LogP contribution is 2.20. The van der Waals surface area contributed by atoms with Crippen LogP contribution >= 0.6 is 11.6 Å².